The number of benzene rings is 1. The van der Waals surface area contributed by atoms with Gasteiger partial charge in [0, 0.05) is 36.0 Å². The predicted molar refractivity (Wildman–Crippen MR) is 123 cm³/mol. The van der Waals surface area contributed by atoms with Crippen LogP contribution < -0.4 is 0 Å². The second kappa shape index (κ2) is 8.66. The number of pyridine rings is 1. The Morgan fingerprint density at radius 3 is 2.56 bits per heavy atom. The zero-order chi connectivity index (χ0) is 25.0. The van der Waals surface area contributed by atoms with Gasteiger partial charge in [-0.05, 0) is 43.9 Å². The number of Topliss-reactive ketones (excluding diaryl/α,β-unsaturated/α-hetero) is 1. The lowest BCUT2D eigenvalue weighted by Crippen LogP contribution is -2.48. The van der Waals surface area contributed by atoms with Crippen LogP contribution in [0.25, 0.3) is 16.9 Å². The summed E-state index contributed by atoms with van der Waals surface area (Å²) in [6.07, 6.45) is 9.56. The van der Waals surface area contributed by atoms with Gasteiger partial charge in [-0.3, -0.25) is 23.9 Å². The molecule has 2 bridgehead atoms. The van der Waals surface area contributed by atoms with E-state index < -0.39 is 17.5 Å². The highest BCUT2D eigenvalue weighted by Crippen LogP contribution is 2.44. The second-order valence-corrected chi connectivity index (χ2v) is 9.29. The van der Waals surface area contributed by atoms with Crippen molar-refractivity contribution in [1.29, 1.82) is 0 Å². The molecule has 0 saturated carbocycles. The molecule has 36 heavy (non-hydrogen) atoms. The van der Waals surface area contributed by atoms with Gasteiger partial charge in [0.25, 0.3) is 0 Å². The number of carbonyl (C=O) groups is 1. The monoisotopic (exact) mass is 493 g/mol. The van der Waals surface area contributed by atoms with Gasteiger partial charge in [0.2, 0.25) is 0 Å². The highest BCUT2D eigenvalue weighted by atomic mass is 19.2. The van der Waals surface area contributed by atoms with Crippen LogP contribution in [-0.4, -0.2) is 52.8 Å². The number of fused-ring (bicyclic) bond motifs is 4. The minimum atomic E-state index is -1.49. The van der Waals surface area contributed by atoms with Crippen LogP contribution >= 0.6 is 0 Å². The molecule has 1 aromatic carbocycles. The first-order chi connectivity index (χ1) is 17.4. The summed E-state index contributed by atoms with van der Waals surface area (Å²) in [5.41, 5.74) is 3.72. The topological polar surface area (TPSA) is 81.7 Å². The maximum atomic E-state index is 14.0. The van der Waals surface area contributed by atoms with Crippen molar-refractivity contribution in [2.75, 3.05) is 6.54 Å². The normalized spacial score (nSPS) is 19.3. The number of nitrogens with zero attached hydrogens (tertiary/aromatic N) is 7. The van der Waals surface area contributed by atoms with E-state index in [-0.39, 0.29) is 30.0 Å². The molecule has 4 aromatic rings. The first-order valence-electron chi connectivity index (χ1n) is 11.7. The number of hydrogen-bond donors (Lipinski definition) is 0. The molecular weight excluding hydrogens is 471 g/mol. The molecule has 5 heterocycles. The number of aryl methyl sites for hydroxylation is 1. The minimum Gasteiger partial charge on any atom is -0.293 e. The highest BCUT2D eigenvalue weighted by Gasteiger charge is 2.41. The molecule has 1 fully saturated rings. The Morgan fingerprint density at radius 1 is 1.06 bits per heavy atom. The average molecular weight is 493 g/mol. The fourth-order valence-corrected chi connectivity index (χ4v) is 5.54. The van der Waals surface area contributed by atoms with Gasteiger partial charge in [0.1, 0.15) is 12.7 Å². The van der Waals surface area contributed by atoms with Gasteiger partial charge in [-0.25, -0.2) is 13.2 Å². The molecule has 8 nitrogen and oxygen atoms in total. The van der Waals surface area contributed by atoms with E-state index in [1.807, 2.05) is 0 Å². The third-order valence-electron chi connectivity index (χ3n) is 7.16. The van der Waals surface area contributed by atoms with E-state index in [9.17, 15) is 18.0 Å². The van der Waals surface area contributed by atoms with Crippen LogP contribution in [0.5, 0.6) is 0 Å². The summed E-state index contributed by atoms with van der Waals surface area (Å²) in [5, 5.41) is 12.3. The van der Waals surface area contributed by atoms with Crippen LogP contribution in [0, 0.1) is 17.5 Å². The second-order valence-electron chi connectivity index (χ2n) is 9.29. The summed E-state index contributed by atoms with van der Waals surface area (Å²) in [6, 6.07) is 3.77. The van der Waals surface area contributed by atoms with E-state index >= 15 is 0 Å². The molecular formula is C25H22F3N7O. The van der Waals surface area contributed by atoms with Crippen molar-refractivity contribution < 1.29 is 18.0 Å². The number of aromatic nitrogens is 6. The maximum Gasteiger partial charge on any atom is 0.194 e. The smallest absolute Gasteiger partial charge is 0.194 e. The number of rotatable bonds is 5. The summed E-state index contributed by atoms with van der Waals surface area (Å²) in [5.74, 6) is -4.01. The van der Waals surface area contributed by atoms with Crippen LogP contribution in [-0.2, 0) is 13.5 Å². The fraction of sp³-hybridized carbons (Fsp3) is 0.320. The molecule has 3 aromatic heterocycles. The number of piperidine rings is 1. The van der Waals surface area contributed by atoms with Crippen molar-refractivity contribution in [3.8, 4) is 16.9 Å². The van der Waals surface area contributed by atoms with Crippen LogP contribution in [0.1, 0.15) is 46.9 Å². The Labute approximate surface area is 204 Å². The molecule has 6 rings (SSSR count). The third-order valence-corrected chi connectivity index (χ3v) is 7.16. The Bertz CT molecular complexity index is 1440. The maximum absolute atomic E-state index is 14.0. The summed E-state index contributed by atoms with van der Waals surface area (Å²) in [7, 11) is 1.72. The summed E-state index contributed by atoms with van der Waals surface area (Å²) < 4.78 is 44.9. The van der Waals surface area contributed by atoms with Crippen molar-refractivity contribution in [3.05, 3.63) is 77.5 Å². The summed E-state index contributed by atoms with van der Waals surface area (Å²) >= 11 is 0. The number of halogens is 3. The molecule has 2 aliphatic rings. The Morgan fingerprint density at radius 2 is 1.81 bits per heavy atom. The van der Waals surface area contributed by atoms with Crippen LogP contribution in [0.15, 0.2) is 43.2 Å². The van der Waals surface area contributed by atoms with Gasteiger partial charge in [-0.1, -0.05) is 0 Å². The molecule has 0 spiro atoms. The Hall–Kier alpha value is -3.86. The summed E-state index contributed by atoms with van der Waals surface area (Å²) in [4.78, 5) is 19.7. The molecule has 0 aliphatic carbocycles. The average Bonchev–Trinajstić information content (AvgIpc) is 3.51. The molecule has 0 amide bonds. The zero-order valence-corrected chi connectivity index (χ0v) is 19.4. The molecule has 11 heteroatoms. The Kier molecular flexibility index (Phi) is 5.44. The van der Waals surface area contributed by atoms with Crippen molar-refractivity contribution in [2.24, 2.45) is 7.05 Å². The van der Waals surface area contributed by atoms with Crippen molar-refractivity contribution in [3.63, 3.8) is 0 Å². The van der Waals surface area contributed by atoms with E-state index in [1.54, 1.807) is 47.4 Å². The SMILES string of the molecule is Cn1nc2c(c1-c1cc(F)c(F)c(F)c1)CC1CCCC2N1CC(=O)c1cncc(-n2cnnc2)c1. The standard InChI is InChI=1S/C25H22F3N7O/c1-33-25(14-6-19(26)23(28)20(27)7-14)18-8-16-3-2-4-21(24(18)32-33)35(16)11-22(36)15-5-17(10-29-9-15)34-12-30-31-13-34/h5-7,9-10,12-13,16,21H,2-4,8,11H2,1H3. The van der Waals surface area contributed by atoms with Crippen LogP contribution in [0.2, 0.25) is 0 Å². The minimum absolute atomic E-state index is 0.0587. The molecule has 2 aliphatic heterocycles. The number of hydrogen-bond acceptors (Lipinski definition) is 6. The Balaban J connectivity index is 1.32. The fourth-order valence-electron chi connectivity index (χ4n) is 5.54. The van der Waals surface area contributed by atoms with Gasteiger partial charge in [-0.2, -0.15) is 5.10 Å². The lowest BCUT2D eigenvalue weighted by atomic mass is 9.81. The van der Waals surface area contributed by atoms with Gasteiger partial charge in [0.05, 0.1) is 35.9 Å². The molecule has 2 unspecified atom stereocenters. The van der Waals surface area contributed by atoms with Crippen LogP contribution in [0.4, 0.5) is 13.2 Å². The predicted octanol–water partition coefficient (Wildman–Crippen LogP) is 3.81. The van der Waals surface area contributed by atoms with Gasteiger partial charge >= 0.3 is 0 Å². The van der Waals surface area contributed by atoms with Crippen molar-refractivity contribution in [2.45, 2.75) is 37.8 Å². The number of carbonyl (C=O) groups excluding carboxylic acids is 1. The van der Waals surface area contributed by atoms with Gasteiger partial charge in [0.15, 0.2) is 23.2 Å². The quantitative estimate of drug-likeness (QED) is 0.311. The van der Waals surface area contributed by atoms with Crippen LogP contribution in [0.3, 0.4) is 0 Å². The third kappa shape index (κ3) is 3.70. The molecule has 0 N–H and O–H groups in total. The van der Waals surface area contributed by atoms with E-state index in [0.717, 1.165) is 42.7 Å². The van der Waals surface area contributed by atoms with Gasteiger partial charge in [-0.15, -0.1) is 10.2 Å². The molecule has 1 saturated heterocycles. The molecule has 0 radical (unpaired) electrons. The largest absolute Gasteiger partial charge is 0.293 e. The van der Waals surface area contributed by atoms with E-state index in [0.29, 0.717) is 23.4 Å². The van der Waals surface area contributed by atoms with Crippen molar-refractivity contribution in [1.82, 2.24) is 34.4 Å². The van der Waals surface area contributed by atoms with E-state index in [2.05, 4.69) is 20.1 Å². The highest BCUT2D eigenvalue weighted by molar-refractivity contribution is 5.97. The lowest BCUT2D eigenvalue weighted by Gasteiger charge is -2.45. The first kappa shape index (κ1) is 22.6. The first-order valence-corrected chi connectivity index (χ1v) is 11.7. The van der Waals surface area contributed by atoms with Gasteiger partial charge < -0.3 is 0 Å². The van der Waals surface area contributed by atoms with E-state index in [4.69, 9.17) is 5.10 Å². The molecule has 184 valence electrons. The lowest BCUT2D eigenvalue weighted by molar-refractivity contribution is 0.0562. The molecule has 2 atom stereocenters. The summed E-state index contributed by atoms with van der Waals surface area (Å²) in [6.45, 7) is 0.202. The number of ketones is 1. The van der Waals surface area contributed by atoms with Crippen molar-refractivity contribution >= 4 is 5.78 Å². The zero-order valence-electron chi connectivity index (χ0n) is 19.4. The van der Waals surface area contributed by atoms with E-state index in [1.165, 1.54) is 0 Å².